The minimum atomic E-state index is -3.70. The molecule has 0 aliphatic carbocycles. The monoisotopic (exact) mass is 382 g/mol. The Morgan fingerprint density at radius 3 is 2.62 bits per heavy atom. The van der Waals surface area contributed by atoms with E-state index in [2.05, 4.69) is 17.6 Å². The number of primary sulfonamides is 1. The van der Waals surface area contributed by atoms with Crippen LogP contribution < -0.4 is 15.8 Å². The van der Waals surface area contributed by atoms with Gasteiger partial charge in [0.05, 0.1) is 11.6 Å². The van der Waals surface area contributed by atoms with Gasteiger partial charge >= 0.3 is 0 Å². The number of nitrogens with two attached hydrogens (primary N) is 1. The van der Waals surface area contributed by atoms with Gasteiger partial charge in [-0.3, -0.25) is 14.9 Å². The van der Waals surface area contributed by atoms with E-state index in [1.165, 1.54) is 17.0 Å². The van der Waals surface area contributed by atoms with E-state index in [0.29, 0.717) is 26.1 Å². The van der Waals surface area contributed by atoms with Crippen molar-refractivity contribution in [1.82, 2.24) is 15.5 Å². The maximum atomic E-state index is 12.1. The van der Waals surface area contributed by atoms with E-state index in [1.54, 1.807) is 12.1 Å². The Labute approximate surface area is 154 Å². The highest BCUT2D eigenvalue weighted by Gasteiger charge is 2.25. The van der Waals surface area contributed by atoms with E-state index in [9.17, 15) is 18.0 Å². The van der Waals surface area contributed by atoms with E-state index in [1.807, 2.05) is 0 Å². The molecule has 1 unspecified atom stereocenters. The van der Waals surface area contributed by atoms with Gasteiger partial charge in [0.1, 0.15) is 6.54 Å². The molecule has 4 N–H and O–H groups in total. The Balaban J connectivity index is 1.73. The van der Waals surface area contributed by atoms with Gasteiger partial charge in [-0.25, -0.2) is 13.6 Å². The summed E-state index contributed by atoms with van der Waals surface area (Å²) in [5.74, 6) is -0.216. The molecule has 0 saturated carbocycles. The highest BCUT2D eigenvalue weighted by Crippen LogP contribution is 2.10. The summed E-state index contributed by atoms with van der Waals surface area (Å²) in [4.78, 5) is 25.7. The van der Waals surface area contributed by atoms with Crippen molar-refractivity contribution in [3.63, 3.8) is 0 Å². The molecule has 1 atom stereocenters. The number of nitrogens with one attached hydrogen (secondary N) is 2. The van der Waals surface area contributed by atoms with Crippen LogP contribution in [-0.4, -0.2) is 50.9 Å². The van der Waals surface area contributed by atoms with Crippen LogP contribution in [0.25, 0.3) is 0 Å². The topological polar surface area (TPSA) is 122 Å². The van der Waals surface area contributed by atoms with Crippen LogP contribution in [0.4, 0.5) is 0 Å². The number of rotatable bonds is 8. The number of hydrogen-bond acceptors (Lipinski definition) is 5. The first kappa shape index (κ1) is 20.3. The van der Waals surface area contributed by atoms with Crippen LogP contribution in [0.2, 0.25) is 0 Å². The number of sulfonamides is 1. The van der Waals surface area contributed by atoms with Crippen LogP contribution in [0.1, 0.15) is 31.7 Å². The standard InChI is InChI=1S/C17H26N4O4S/c1-2-3-14-10-17(23)21(12-20-14)11-16(22)19-9-8-13-4-6-15(7-5-13)26(18,24)25/h4-7,14,20H,2-3,8-12H2,1H3,(H,19,22)(H2,18,24,25). The van der Waals surface area contributed by atoms with E-state index < -0.39 is 10.0 Å². The molecular formula is C17H26N4O4S. The minimum absolute atomic E-state index is 0.00377. The number of nitrogens with zero attached hydrogens (tertiary/aromatic N) is 1. The molecule has 1 aliphatic rings. The lowest BCUT2D eigenvalue weighted by molar-refractivity contribution is -0.139. The van der Waals surface area contributed by atoms with Crippen LogP contribution in [0.3, 0.4) is 0 Å². The quantitative estimate of drug-likeness (QED) is 0.581. The Hall–Kier alpha value is -1.97. The minimum Gasteiger partial charge on any atom is -0.354 e. The lowest BCUT2D eigenvalue weighted by Gasteiger charge is -2.32. The van der Waals surface area contributed by atoms with Crippen molar-refractivity contribution >= 4 is 21.8 Å². The third-order valence-electron chi connectivity index (χ3n) is 4.30. The molecule has 8 nitrogen and oxygen atoms in total. The van der Waals surface area contributed by atoms with Gasteiger partial charge in [-0.2, -0.15) is 0 Å². The van der Waals surface area contributed by atoms with Gasteiger partial charge in [-0.15, -0.1) is 0 Å². The molecule has 1 aromatic carbocycles. The zero-order valence-corrected chi connectivity index (χ0v) is 15.7. The predicted octanol–water partition coefficient (Wildman–Crippen LogP) is -0.0592. The molecule has 1 aromatic rings. The molecule has 0 bridgehead atoms. The summed E-state index contributed by atoms with van der Waals surface area (Å²) in [6, 6.07) is 6.41. The van der Waals surface area contributed by atoms with E-state index in [0.717, 1.165) is 18.4 Å². The fourth-order valence-corrected chi connectivity index (χ4v) is 3.37. The van der Waals surface area contributed by atoms with Crippen LogP contribution in [-0.2, 0) is 26.0 Å². The molecule has 1 fully saturated rings. The first-order valence-corrected chi connectivity index (χ1v) is 10.2. The van der Waals surface area contributed by atoms with Crippen molar-refractivity contribution in [3.05, 3.63) is 29.8 Å². The lowest BCUT2D eigenvalue weighted by atomic mass is 10.1. The summed E-state index contributed by atoms with van der Waals surface area (Å²) < 4.78 is 22.4. The van der Waals surface area contributed by atoms with Gasteiger partial charge in [0.15, 0.2) is 0 Å². The average Bonchev–Trinajstić information content (AvgIpc) is 2.57. The number of carbonyl (C=O) groups excluding carboxylic acids is 2. The number of carbonyl (C=O) groups is 2. The van der Waals surface area contributed by atoms with Crippen molar-refractivity contribution in [2.75, 3.05) is 19.8 Å². The Bertz CT molecular complexity index is 734. The van der Waals surface area contributed by atoms with Crippen molar-refractivity contribution < 1.29 is 18.0 Å². The van der Waals surface area contributed by atoms with Crippen molar-refractivity contribution in [2.24, 2.45) is 5.14 Å². The number of amides is 2. The van der Waals surface area contributed by atoms with Gasteiger partial charge < -0.3 is 10.2 Å². The zero-order valence-electron chi connectivity index (χ0n) is 14.9. The van der Waals surface area contributed by atoms with E-state index in [4.69, 9.17) is 5.14 Å². The zero-order chi connectivity index (χ0) is 19.2. The molecule has 9 heteroatoms. The molecular weight excluding hydrogens is 356 g/mol. The van der Waals surface area contributed by atoms with Crippen molar-refractivity contribution in [2.45, 2.75) is 43.5 Å². The highest BCUT2D eigenvalue weighted by atomic mass is 32.2. The third-order valence-corrected chi connectivity index (χ3v) is 5.23. The lowest BCUT2D eigenvalue weighted by Crippen LogP contribution is -2.53. The predicted molar refractivity (Wildman–Crippen MR) is 97.6 cm³/mol. The molecule has 1 saturated heterocycles. The SMILES string of the molecule is CCCC1CC(=O)N(CC(=O)NCCc2ccc(S(N)(=O)=O)cc2)CN1. The largest absolute Gasteiger partial charge is 0.354 e. The summed E-state index contributed by atoms with van der Waals surface area (Å²) in [7, 11) is -3.70. The second-order valence-corrected chi connectivity index (χ2v) is 7.99. The average molecular weight is 382 g/mol. The van der Waals surface area contributed by atoms with Gasteiger partial charge in [-0.05, 0) is 30.5 Å². The van der Waals surface area contributed by atoms with Gasteiger partial charge in [-0.1, -0.05) is 25.5 Å². The number of benzene rings is 1. The maximum Gasteiger partial charge on any atom is 0.239 e. The molecule has 2 amide bonds. The molecule has 1 heterocycles. The van der Waals surface area contributed by atoms with E-state index in [-0.39, 0.29) is 29.3 Å². The number of hydrogen-bond donors (Lipinski definition) is 3. The smallest absolute Gasteiger partial charge is 0.239 e. The van der Waals surface area contributed by atoms with Crippen LogP contribution in [0.5, 0.6) is 0 Å². The Morgan fingerprint density at radius 1 is 1.35 bits per heavy atom. The van der Waals surface area contributed by atoms with Crippen molar-refractivity contribution in [1.29, 1.82) is 0 Å². The third kappa shape index (κ3) is 6.08. The van der Waals surface area contributed by atoms with E-state index >= 15 is 0 Å². The molecule has 0 spiro atoms. The Morgan fingerprint density at radius 2 is 2.04 bits per heavy atom. The van der Waals surface area contributed by atoms with Crippen LogP contribution in [0.15, 0.2) is 29.2 Å². The molecule has 2 rings (SSSR count). The van der Waals surface area contributed by atoms with Gasteiger partial charge in [0, 0.05) is 19.0 Å². The maximum absolute atomic E-state index is 12.1. The second kappa shape index (κ2) is 9.11. The first-order chi connectivity index (χ1) is 12.3. The summed E-state index contributed by atoms with van der Waals surface area (Å²) in [6.45, 7) is 2.91. The molecule has 1 aliphatic heterocycles. The fourth-order valence-electron chi connectivity index (χ4n) is 2.86. The van der Waals surface area contributed by atoms with Crippen LogP contribution >= 0.6 is 0 Å². The van der Waals surface area contributed by atoms with Gasteiger partial charge in [0.25, 0.3) is 0 Å². The summed E-state index contributed by atoms with van der Waals surface area (Å²) in [5.41, 5.74) is 0.885. The van der Waals surface area contributed by atoms with Crippen LogP contribution in [0, 0.1) is 0 Å². The first-order valence-electron chi connectivity index (χ1n) is 8.69. The summed E-state index contributed by atoms with van der Waals surface area (Å²) in [6.07, 6.45) is 2.96. The second-order valence-electron chi connectivity index (χ2n) is 6.43. The fraction of sp³-hybridized carbons (Fsp3) is 0.529. The Kier molecular flexibility index (Phi) is 7.13. The van der Waals surface area contributed by atoms with Gasteiger partial charge in [0.2, 0.25) is 21.8 Å². The highest BCUT2D eigenvalue weighted by molar-refractivity contribution is 7.89. The molecule has 144 valence electrons. The normalized spacial score (nSPS) is 18.0. The summed E-state index contributed by atoms with van der Waals surface area (Å²) in [5, 5.41) is 11.1. The summed E-state index contributed by atoms with van der Waals surface area (Å²) >= 11 is 0. The molecule has 0 aromatic heterocycles. The van der Waals surface area contributed by atoms with Crippen molar-refractivity contribution in [3.8, 4) is 0 Å². The molecule has 0 radical (unpaired) electrons. The molecule has 26 heavy (non-hydrogen) atoms.